The van der Waals surface area contributed by atoms with E-state index >= 15 is 0 Å². The number of carbonyl (C=O) groups is 2. The number of nitrogens with one attached hydrogen (secondary N) is 3. The standard InChI is InChI=1S/C20H18N4O5/c1-27-14-5-2-12(3-6-14)19(25)23-24-20(26)15-11-21-22-18(15)13-4-7-16-17(10-13)29-9-8-28-16/h2-7,10-11H,8-9H2,1H3,(H,21,22)(H,23,25)(H,24,26). The molecule has 0 fully saturated rings. The molecule has 0 spiro atoms. The molecule has 1 aliphatic heterocycles. The molecule has 0 bridgehead atoms. The predicted octanol–water partition coefficient (Wildman–Crippen LogP) is 1.93. The van der Waals surface area contributed by atoms with Crippen LogP contribution >= 0.6 is 0 Å². The summed E-state index contributed by atoms with van der Waals surface area (Å²) in [4.78, 5) is 24.8. The highest BCUT2D eigenvalue weighted by Gasteiger charge is 2.19. The number of aromatic nitrogens is 2. The van der Waals surface area contributed by atoms with Crippen molar-refractivity contribution >= 4 is 11.8 Å². The molecule has 9 heteroatoms. The topological polar surface area (TPSA) is 115 Å². The zero-order valence-electron chi connectivity index (χ0n) is 15.5. The fourth-order valence-electron chi connectivity index (χ4n) is 2.87. The maximum atomic E-state index is 12.6. The molecule has 0 aliphatic carbocycles. The first-order valence-corrected chi connectivity index (χ1v) is 8.84. The van der Waals surface area contributed by atoms with Crippen LogP contribution in [0.3, 0.4) is 0 Å². The minimum absolute atomic E-state index is 0.275. The fraction of sp³-hybridized carbons (Fsp3) is 0.150. The van der Waals surface area contributed by atoms with Crippen molar-refractivity contribution in [1.29, 1.82) is 0 Å². The van der Waals surface area contributed by atoms with E-state index in [4.69, 9.17) is 14.2 Å². The number of benzene rings is 2. The van der Waals surface area contributed by atoms with Crippen LogP contribution in [-0.2, 0) is 0 Å². The highest BCUT2D eigenvalue weighted by Crippen LogP contribution is 2.34. The zero-order valence-corrected chi connectivity index (χ0v) is 15.5. The molecule has 1 aromatic heterocycles. The van der Waals surface area contributed by atoms with Gasteiger partial charge in [0.2, 0.25) is 0 Å². The van der Waals surface area contributed by atoms with Gasteiger partial charge in [-0.25, -0.2) is 0 Å². The number of aromatic amines is 1. The minimum Gasteiger partial charge on any atom is -0.497 e. The van der Waals surface area contributed by atoms with E-state index in [2.05, 4.69) is 21.0 Å². The quantitative estimate of drug-likeness (QED) is 0.583. The van der Waals surface area contributed by atoms with Gasteiger partial charge in [0.1, 0.15) is 19.0 Å². The van der Waals surface area contributed by atoms with Crippen LogP contribution in [0.5, 0.6) is 17.2 Å². The average Bonchev–Trinajstić information content (AvgIpc) is 3.27. The van der Waals surface area contributed by atoms with Crippen LogP contribution in [0.25, 0.3) is 11.3 Å². The number of fused-ring (bicyclic) bond motifs is 1. The molecule has 2 heterocycles. The molecule has 9 nitrogen and oxygen atoms in total. The van der Waals surface area contributed by atoms with Gasteiger partial charge in [0.25, 0.3) is 11.8 Å². The predicted molar refractivity (Wildman–Crippen MR) is 103 cm³/mol. The Morgan fingerprint density at radius 3 is 2.48 bits per heavy atom. The Morgan fingerprint density at radius 2 is 1.72 bits per heavy atom. The number of hydrogen-bond donors (Lipinski definition) is 3. The highest BCUT2D eigenvalue weighted by atomic mass is 16.6. The molecule has 3 aromatic rings. The monoisotopic (exact) mass is 394 g/mol. The van der Waals surface area contributed by atoms with E-state index in [9.17, 15) is 9.59 Å². The third kappa shape index (κ3) is 3.84. The van der Waals surface area contributed by atoms with Gasteiger partial charge in [-0.1, -0.05) is 0 Å². The first kappa shape index (κ1) is 18.4. The van der Waals surface area contributed by atoms with Gasteiger partial charge in [0.05, 0.1) is 24.6 Å². The molecule has 4 rings (SSSR count). The Labute approximate surface area is 165 Å². The summed E-state index contributed by atoms with van der Waals surface area (Å²) in [5.41, 5.74) is 6.65. The summed E-state index contributed by atoms with van der Waals surface area (Å²) in [6.07, 6.45) is 1.39. The number of nitrogens with zero attached hydrogens (tertiary/aromatic N) is 1. The number of hydrazine groups is 1. The molecular formula is C20H18N4O5. The average molecular weight is 394 g/mol. The van der Waals surface area contributed by atoms with Crippen LogP contribution in [0.15, 0.2) is 48.7 Å². The zero-order chi connectivity index (χ0) is 20.2. The lowest BCUT2D eigenvalue weighted by atomic mass is 10.1. The van der Waals surface area contributed by atoms with E-state index in [1.807, 2.05) is 0 Å². The lowest BCUT2D eigenvalue weighted by molar-refractivity contribution is 0.0847. The first-order chi connectivity index (χ1) is 14.2. The molecule has 0 saturated carbocycles. The van der Waals surface area contributed by atoms with Crippen molar-refractivity contribution in [3.63, 3.8) is 0 Å². The normalized spacial score (nSPS) is 12.2. The summed E-state index contributed by atoms with van der Waals surface area (Å²) in [6, 6.07) is 11.9. The molecule has 0 saturated heterocycles. The van der Waals surface area contributed by atoms with Gasteiger partial charge in [-0.3, -0.25) is 25.5 Å². The van der Waals surface area contributed by atoms with Gasteiger partial charge in [-0.15, -0.1) is 0 Å². The highest BCUT2D eigenvalue weighted by molar-refractivity contribution is 6.02. The Balaban J connectivity index is 1.46. The number of amides is 2. The maximum Gasteiger partial charge on any atom is 0.273 e. The van der Waals surface area contributed by atoms with Gasteiger partial charge in [-0.2, -0.15) is 5.10 Å². The van der Waals surface area contributed by atoms with Crippen LogP contribution in [0, 0.1) is 0 Å². The van der Waals surface area contributed by atoms with Gasteiger partial charge < -0.3 is 14.2 Å². The maximum absolute atomic E-state index is 12.6. The molecule has 0 radical (unpaired) electrons. The molecule has 3 N–H and O–H groups in total. The second-order valence-electron chi connectivity index (χ2n) is 6.15. The summed E-state index contributed by atoms with van der Waals surface area (Å²) in [6.45, 7) is 0.960. The minimum atomic E-state index is -0.509. The van der Waals surface area contributed by atoms with Crippen LogP contribution in [0.4, 0.5) is 0 Å². The molecule has 1 aliphatic rings. The van der Waals surface area contributed by atoms with Gasteiger partial charge in [0.15, 0.2) is 11.5 Å². The van der Waals surface area contributed by atoms with Gasteiger partial charge >= 0.3 is 0 Å². The molecule has 2 aromatic carbocycles. The van der Waals surface area contributed by atoms with E-state index in [1.165, 1.54) is 6.20 Å². The lowest BCUT2D eigenvalue weighted by Gasteiger charge is -2.18. The summed E-state index contributed by atoms with van der Waals surface area (Å²) < 4.78 is 16.1. The number of rotatable bonds is 4. The van der Waals surface area contributed by atoms with E-state index < -0.39 is 11.8 Å². The third-order valence-corrected chi connectivity index (χ3v) is 4.36. The van der Waals surface area contributed by atoms with Crippen molar-refractivity contribution in [2.75, 3.05) is 20.3 Å². The van der Waals surface area contributed by atoms with E-state index in [0.29, 0.717) is 47.3 Å². The van der Waals surface area contributed by atoms with Crippen molar-refractivity contribution in [3.05, 3.63) is 59.8 Å². The number of carbonyl (C=O) groups excluding carboxylic acids is 2. The Kier molecular flexibility index (Phi) is 5.02. The smallest absolute Gasteiger partial charge is 0.273 e. The summed E-state index contributed by atoms with van der Waals surface area (Å²) in [7, 11) is 1.54. The molecule has 148 valence electrons. The van der Waals surface area contributed by atoms with Crippen molar-refractivity contribution in [1.82, 2.24) is 21.0 Å². The second kappa shape index (κ2) is 7.93. The number of methoxy groups -OCH3 is 1. The molecule has 0 unspecified atom stereocenters. The summed E-state index contributed by atoms with van der Waals surface area (Å²) in [5, 5.41) is 6.76. The van der Waals surface area contributed by atoms with Crippen LogP contribution < -0.4 is 25.1 Å². The summed E-state index contributed by atoms with van der Waals surface area (Å²) >= 11 is 0. The Hall–Kier alpha value is -4.01. The van der Waals surface area contributed by atoms with Crippen molar-refractivity contribution in [2.24, 2.45) is 0 Å². The third-order valence-electron chi connectivity index (χ3n) is 4.36. The van der Waals surface area contributed by atoms with E-state index in [0.717, 1.165) is 0 Å². The first-order valence-electron chi connectivity index (χ1n) is 8.84. The van der Waals surface area contributed by atoms with Gasteiger partial charge in [0, 0.05) is 11.1 Å². The number of H-pyrrole nitrogens is 1. The Morgan fingerprint density at radius 1 is 1.00 bits per heavy atom. The largest absolute Gasteiger partial charge is 0.497 e. The van der Waals surface area contributed by atoms with E-state index in [-0.39, 0.29) is 5.56 Å². The van der Waals surface area contributed by atoms with Crippen molar-refractivity contribution in [2.45, 2.75) is 0 Å². The number of hydrogen-bond acceptors (Lipinski definition) is 6. The molecule has 0 atom stereocenters. The second-order valence-corrected chi connectivity index (χ2v) is 6.15. The van der Waals surface area contributed by atoms with Crippen molar-refractivity contribution < 1.29 is 23.8 Å². The summed E-state index contributed by atoms with van der Waals surface area (Å²) in [5.74, 6) is 0.920. The van der Waals surface area contributed by atoms with Crippen LogP contribution in [0.1, 0.15) is 20.7 Å². The van der Waals surface area contributed by atoms with Crippen molar-refractivity contribution in [3.8, 4) is 28.5 Å². The SMILES string of the molecule is COc1ccc(C(=O)NNC(=O)c2cn[nH]c2-c2ccc3c(c2)OCCO3)cc1. The van der Waals surface area contributed by atoms with Gasteiger partial charge in [-0.05, 0) is 42.5 Å². The number of ether oxygens (including phenoxy) is 3. The molecule has 29 heavy (non-hydrogen) atoms. The molecular weight excluding hydrogens is 376 g/mol. The fourth-order valence-corrected chi connectivity index (χ4v) is 2.87. The van der Waals surface area contributed by atoms with E-state index in [1.54, 1.807) is 49.6 Å². The lowest BCUT2D eigenvalue weighted by Crippen LogP contribution is -2.41. The van der Waals surface area contributed by atoms with Crippen LogP contribution in [-0.4, -0.2) is 42.3 Å². The molecule has 2 amide bonds. The van der Waals surface area contributed by atoms with Crippen LogP contribution in [0.2, 0.25) is 0 Å². The Bertz CT molecular complexity index is 1050.